The van der Waals surface area contributed by atoms with Crippen molar-refractivity contribution in [2.75, 3.05) is 19.7 Å². The maximum atomic E-state index is 8.71. The molecule has 0 aliphatic carbocycles. The predicted octanol–water partition coefficient (Wildman–Crippen LogP) is 3.19. The molecule has 0 atom stereocenters. The Labute approximate surface area is 122 Å². The van der Waals surface area contributed by atoms with Gasteiger partial charge in [0.2, 0.25) is 0 Å². The highest BCUT2D eigenvalue weighted by Gasteiger charge is 2.08. The maximum absolute atomic E-state index is 8.71. The van der Waals surface area contributed by atoms with Gasteiger partial charge in [-0.3, -0.25) is 4.90 Å². The summed E-state index contributed by atoms with van der Waals surface area (Å²) in [7, 11) is 0. The molecule has 1 aliphatic heterocycles. The van der Waals surface area contributed by atoms with Crippen LogP contribution in [0, 0.1) is 11.8 Å². The number of hydrogen-bond acceptors (Lipinski definition) is 2. The zero-order chi connectivity index (χ0) is 14.0. The van der Waals surface area contributed by atoms with E-state index in [2.05, 4.69) is 41.0 Å². The number of aliphatic hydroxyl groups excluding tert-OH is 1. The standard InChI is InChI=1S/C18H25NO/c20-15-7-4-8-17-9-11-18(12-10-17)16-19-13-5-2-1-3-6-14-19/h9-12,20H,1-3,5-7,13-16H2. The number of likely N-dealkylation sites (tertiary alicyclic amines) is 1. The summed E-state index contributed by atoms with van der Waals surface area (Å²) in [4.78, 5) is 2.58. The number of benzene rings is 1. The fourth-order valence-electron chi connectivity index (χ4n) is 2.64. The molecule has 2 heteroatoms. The maximum Gasteiger partial charge on any atom is 0.0540 e. The Bertz CT molecular complexity index is 433. The van der Waals surface area contributed by atoms with Crippen LogP contribution in [0.1, 0.15) is 49.7 Å². The summed E-state index contributed by atoms with van der Waals surface area (Å²) < 4.78 is 0. The molecule has 1 aliphatic rings. The topological polar surface area (TPSA) is 23.5 Å². The molecule has 1 heterocycles. The Morgan fingerprint density at radius 1 is 0.950 bits per heavy atom. The number of aliphatic hydroxyl groups is 1. The first-order valence-electron chi connectivity index (χ1n) is 7.79. The summed E-state index contributed by atoms with van der Waals surface area (Å²) in [6, 6.07) is 8.54. The Morgan fingerprint density at radius 2 is 1.60 bits per heavy atom. The van der Waals surface area contributed by atoms with Crippen LogP contribution in [-0.4, -0.2) is 29.7 Å². The second-order valence-electron chi connectivity index (χ2n) is 5.52. The smallest absolute Gasteiger partial charge is 0.0540 e. The Hall–Kier alpha value is -1.30. The fraction of sp³-hybridized carbons (Fsp3) is 0.556. The van der Waals surface area contributed by atoms with Gasteiger partial charge in [0.15, 0.2) is 0 Å². The van der Waals surface area contributed by atoms with Gasteiger partial charge in [-0.25, -0.2) is 0 Å². The second-order valence-corrected chi connectivity index (χ2v) is 5.52. The molecule has 108 valence electrons. The van der Waals surface area contributed by atoms with Gasteiger partial charge < -0.3 is 5.11 Å². The number of nitrogens with zero attached hydrogens (tertiary/aromatic N) is 1. The Balaban J connectivity index is 1.87. The van der Waals surface area contributed by atoms with Gasteiger partial charge >= 0.3 is 0 Å². The Morgan fingerprint density at radius 3 is 2.25 bits per heavy atom. The molecular weight excluding hydrogens is 246 g/mol. The molecule has 2 nitrogen and oxygen atoms in total. The molecule has 0 radical (unpaired) electrons. The third kappa shape index (κ3) is 5.36. The van der Waals surface area contributed by atoms with Gasteiger partial charge in [0, 0.05) is 18.5 Å². The molecule has 0 aromatic heterocycles. The lowest BCUT2D eigenvalue weighted by molar-refractivity contribution is 0.240. The van der Waals surface area contributed by atoms with E-state index >= 15 is 0 Å². The first-order valence-corrected chi connectivity index (χ1v) is 7.79. The van der Waals surface area contributed by atoms with Crippen LogP contribution < -0.4 is 0 Å². The lowest BCUT2D eigenvalue weighted by atomic mass is 10.1. The first kappa shape index (κ1) is 15.1. The highest BCUT2D eigenvalue weighted by atomic mass is 16.2. The van der Waals surface area contributed by atoms with Crippen molar-refractivity contribution >= 4 is 0 Å². The van der Waals surface area contributed by atoms with Crippen molar-refractivity contribution in [3.05, 3.63) is 35.4 Å². The van der Waals surface area contributed by atoms with E-state index in [1.807, 2.05) is 0 Å². The minimum Gasteiger partial charge on any atom is -0.395 e. The van der Waals surface area contributed by atoms with Gasteiger partial charge in [-0.15, -0.1) is 0 Å². The highest BCUT2D eigenvalue weighted by Crippen LogP contribution is 2.13. The predicted molar refractivity (Wildman–Crippen MR) is 83.4 cm³/mol. The van der Waals surface area contributed by atoms with E-state index in [1.165, 1.54) is 50.8 Å². The molecule has 1 N–H and O–H groups in total. The monoisotopic (exact) mass is 271 g/mol. The van der Waals surface area contributed by atoms with Crippen LogP contribution >= 0.6 is 0 Å². The zero-order valence-electron chi connectivity index (χ0n) is 12.3. The summed E-state index contributed by atoms with van der Waals surface area (Å²) in [6.07, 6.45) is 7.41. The van der Waals surface area contributed by atoms with Crippen LogP contribution in [0.25, 0.3) is 0 Å². The molecule has 0 spiro atoms. The fourth-order valence-corrected chi connectivity index (χ4v) is 2.64. The molecule has 0 bridgehead atoms. The number of hydrogen-bond donors (Lipinski definition) is 1. The average molecular weight is 271 g/mol. The molecule has 1 aromatic carbocycles. The van der Waals surface area contributed by atoms with Gasteiger partial charge in [-0.1, -0.05) is 43.2 Å². The van der Waals surface area contributed by atoms with Crippen molar-refractivity contribution in [1.29, 1.82) is 0 Å². The summed E-state index contributed by atoms with van der Waals surface area (Å²) in [6.45, 7) is 3.67. The van der Waals surface area contributed by atoms with Crippen molar-refractivity contribution < 1.29 is 5.11 Å². The van der Waals surface area contributed by atoms with Gasteiger partial charge in [-0.05, 0) is 43.6 Å². The van der Waals surface area contributed by atoms with E-state index in [4.69, 9.17) is 5.11 Å². The quantitative estimate of drug-likeness (QED) is 0.854. The minimum atomic E-state index is 0.139. The van der Waals surface area contributed by atoms with Crippen molar-refractivity contribution in [2.24, 2.45) is 0 Å². The summed E-state index contributed by atoms with van der Waals surface area (Å²) in [5, 5.41) is 8.71. The van der Waals surface area contributed by atoms with Crippen LogP contribution in [0.3, 0.4) is 0 Å². The van der Waals surface area contributed by atoms with Crippen LogP contribution in [0.2, 0.25) is 0 Å². The molecule has 0 amide bonds. The zero-order valence-corrected chi connectivity index (χ0v) is 12.3. The minimum absolute atomic E-state index is 0.139. The van der Waals surface area contributed by atoms with Crippen LogP contribution in [0.5, 0.6) is 0 Å². The molecule has 0 saturated carbocycles. The molecule has 2 rings (SSSR count). The third-order valence-corrected chi connectivity index (χ3v) is 3.78. The average Bonchev–Trinajstić information content (AvgIpc) is 2.44. The summed E-state index contributed by atoms with van der Waals surface area (Å²) in [5.74, 6) is 6.03. The molecule has 1 fully saturated rings. The highest BCUT2D eigenvalue weighted by molar-refractivity contribution is 5.36. The van der Waals surface area contributed by atoms with Gasteiger partial charge in [0.1, 0.15) is 0 Å². The second kappa shape index (κ2) is 8.79. The summed E-state index contributed by atoms with van der Waals surface area (Å²) in [5.41, 5.74) is 2.41. The van der Waals surface area contributed by atoms with E-state index in [9.17, 15) is 0 Å². The summed E-state index contributed by atoms with van der Waals surface area (Å²) >= 11 is 0. The lowest BCUT2D eigenvalue weighted by Crippen LogP contribution is -2.26. The molecule has 1 aromatic rings. The molecule has 1 saturated heterocycles. The third-order valence-electron chi connectivity index (χ3n) is 3.78. The molecule has 0 unspecified atom stereocenters. The molecule has 20 heavy (non-hydrogen) atoms. The van der Waals surface area contributed by atoms with Crippen molar-refractivity contribution in [3.63, 3.8) is 0 Å². The first-order chi connectivity index (χ1) is 9.88. The largest absolute Gasteiger partial charge is 0.395 e. The van der Waals surface area contributed by atoms with Gasteiger partial charge in [0.25, 0.3) is 0 Å². The number of rotatable bonds is 3. The molecular formula is C18H25NO. The van der Waals surface area contributed by atoms with E-state index in [0.29, 0.717) is 6.42 Å². The van der Waals surface area contributed by atoms with Crippen LogP contribution in [0.15, 0.2) is 24.3 Å². The lowest BCUT2D eigenvalue weighted by Gasteiger charge is -2.24. The van der Waals surface area contributed by atoms with E-state index < -0.39 is 0 Å². The van der Waals surface area contributed by atoms with E-state index in [0.717, 1.165) is 12.1 Å². The van der Waals surface area contributed by atoms with Gasteiger partial charge in [-0.2, -0.15) is 0 Å². The van der Waals surface area contributed by atoms with Crippen molar-refractivity contribution in [1.82, 2.24) is 4.90 Å². The van der Waals surface area contributed by atoms with Crippen molar-refractivity contribution in [2.45, 2.75) is 45.1 Å². The normalized spacial score (nSPS) is 16.9. The van der Waals surface area contributed by atoms with Gasteiger partial charge in [0.05, 0.1) is 6.61 Å². The Kier molecular flexibility index (Phi) is 6.63. The van der Waals surface area contributed by atoms with E-state index in [-0.39, 0.29) is 6.61 Å². The SMILES string of the molecule is OCCC#Cc1ccc(CN2CCCCCCC2)cc1. The van der Waals surface area contributed by atoms with Crippen LogP contribution in [-0.2, 0) is 6.54 Å². The van der Waals surface area contributed by atoms with Crippen LogP contribution in [0.4, 0.5) is 0 Å². The van der Waals surface area contributed by atoms with E-state index in [1.54, 1.807) is 0 Å². The van der Waals surface area contributed by atoms with Crippen molar-refractivity contribution in [3.8, 4) is 11.8 Å².